The van der Waals surface area contributed by atoms with Crippen LogP contribution >= 0.6 is 0 Å². The number of hydrogen-bond acceptors (Lipinski definition) is 4. The molecule has 1 rings (SSSR count). The maximum Gasteiger partial charge on any atom is 0.239 e. The second-order valence-corrected chi connectivity index (χ2v) is 3.92. The Balaban J connectivity index is 2.10. The van der Waals surface area contributed by atoms with E-state index in [0.29, 0.717) is 6.04 Å². The summed E-state index contributed by atoms with van der Waals surface area (Å²) in [5.41, 5.74) is 5.38. The molecule has 6 heteroatoms. The molecule has 0 heterocycles. The van der Waals surface area contributed by atoms with Crippen molar-refractivity contribution in [3.05, 3.63) is 0 Å². The Kier molecular flexibility index (Phi) is 5.21. The number of amides is 2. The van der Waals surface area contributed by atoms with Gasteiger partial charge in [0.25, 0.3) is 0 Å². The fourth-order valence-corrected chi connectivity index (χ4v) is 1.23. The number of ether oxygens (including phenoxy) is 1. The van der Waals surface area contributed by atoms with Crippen LogP contribution in [0.5, 0.6) is 0 Å². The van der Waals surface area contributed by atoms with E-state index >= 15 is 0 Å². The molecule has 1 atom stereocenters. The van der Waals surface area contributed by atoms with Gasteiger partial charge < -0.3 is 21.1 Å². The largest absolute Gasteiger partial charge is 0.380 e. The third kappa shape index (κ3) is 5.09. The maximum atomic E-state index is 11.4. The van der Waals surface area contributed by atoms with Crippen molar-refractivity contribution in [2.24, 2.45) is 5.73 Å². The predicted octanol–water partition coefficient (Wildman–Crippen LogP) is -1.25. The minimum atomic E-state index is -0.286. The molecule has 16 heavy (non-hydrogen) atoms. The fraction of sp³-hybridized carbons (Fsp3) is 0.800. The zero-order valence-corrected chi connectivity index (χ0v) is 9.49. The van der Waals surface area contributed by atoms with Crippen LogP contribution in [0.25, 0.3) is 0 Å². The van der Waals surface area contributed by atoms with E-state index in [9.17, 15) is 9.59 Å². The first-order chi connectivity index (χ1) is 7.65. The number of hydrogen-bond donors (Lipinski definition) is 3. The van der Waals surface area contributed by atoms with E-state index in [-0.39, 0.29) is 37.4 Å². The molecule has 0 bridgehead atoms. The fourth-order valence-electron chi connectivity index (χ4n) is 1.23. The molecule has 6 nitrogen and oxygen atoms in total. The van der Waals surface area contributed by atoms with Gasteiger partial charge in [-0.2, -0.15) is 0 Å². The van der Waals surface area contributed by atoms with E-state index in [0.717, 1.165) is 12.8 Å². The van der Waals surface area contributed by atoms with Crippen LogP contribution in [0.1, 0.15) is 19.3 Å². The summed E-state index contributed by atoms with van der Waals surface area (Å²) in [6.45, 7) is 0.314. The maximum absolute atomic E-state index is 11.4. The topological polar surface area (TPSA) is 93.4 Å². The number of methoxy groups -OCH3 is 1. The highest BCUT2D eigenvalue weighted by atomic mass is 16.5. The highest BCUT2D eigenvalue weighted by Crippen LogP contribution is 2.18. The molecule has 92 valence electrons. The lowest BCUT2D eigenvalue weighted by Crippen LogP contribution is -2.39. The molecule has 1 fully saturated rings. The van der Waals surface area contributed by atoms with Crippen LogP contribution in [0.15, 0.2) is 0 Å². The predicted molar refractivity (Wildman–Crippen MR) is 58.6 cm³/mol. The van der Waals surface area contributed by atoms with Crippen molar-refractivity contribution in [3.63, 3.8) is 0 Å². The molecular weight excluding hydrogens is 210 g/mol. The summed E-state index contributed by atoms with van der Waals surface area (Å²) >= 11 is 0. The highest BCUT2D eigenvalue weighted by Gasteiger charge is 2.23. The van der Waals surface area contributed by atoms with Gasteiger partial charge in [0.15, 0.2) is 0 Å². The van der Waals surface area contributed by atoms with E-state index in [2.05, 4.69) is 10.6 Å². The normalized spacial score (nSPS) is 16.6. The summed E-state index contributed by atoms with van der Waals surface area (Å²) in [5, 5.41) is 5.31. The summed E-state index contributed by atoms with van der Waals surface area (Å²) in [6.07, 6.45) is 1.98. The van der Waals surface area contributed by atoms with E-state index in [1.165, 1.54) is 7.11 Å². The standard InChI is InChI=1S/C10H19N3O3/c1-16-8(5-11)4-9(14)12-6-10(15)13-7-2-3-7/h7-8H,2-6,11H2,1H3,(H,12,14)(H,13,15). The van der Waals surface area contributed by atoms with Crippen molar-refractivity contribution in [2.75, 3.05) is 20.2 Å². The Labute approximate surface area is 94.9 Å². The average molecular weight is 229 g/mol. The molecular formula is C10H19N3O3. The summed E-state index contributed by atoms with van der Waals surface area (Å²) in [7, 11) is 1.50. The minimum Gasteiger partial charge on any atom is -0.380 e. The van der Waals surface area contributed by atoms with Gasteiger partial charge in [-0.05, 0) is 12.8 Å². The number of nitrogens with two attached hydrogens (primary N) is 1. The third-order valence-corrected chi connectivity index (χ3v) is 2.40. The van der Waals surface area contributed by atoms with E-state index in [1.54, 1.807) is 0 Å². The van der Waals surface area contributed by atoms with Gasteiger partial charge in [-0.1, -0.05) is 0 Å². The smallest absolute Gasteiger partial charge is 0.239 e. The Bertz CT molecular complexity index is 250. The second kappa shape index (κ2) is 6.44. The lowest BCUT2D eigenvalue weighted by molar-refractivity contribution is -0.127. The van der Waals surface area contributed by atoms with Gasteiger partial charge in [0.2, 0.25) is 11.8 Å². The molecule has 1 saturated carbocycles. The number of carbonyl (C=O) groups is 2. The van der Waals surface area contributed by atoms with Crippen LogP contribution < -0.4 is 16.4 Å². The zero-order chi connectivity index (χ0) is 12.0. The van der Waals surface area contributed by atoms with Gasteiger partial charge in [-0.15, -0.1) is 0 Å². The molecule has 0 aromatic rings. The van der Waals surface area contributed by atoms with Crippen molar-refractivity contribution >= 4 is 11.8 Å². The van der Waals surface area contributed by atoms with E-state index in [4.69, 9.17) is 10.5 Å². The van der Waals surface area contributed by atoms with E-state index < -0.39 is 0 Å². The Morgan fingerprint density at radius 1 is 1.44 bits per heavy atom. The molecule has 2 amide bonds. The SMILES string of the molecule is COC(CN)CC(=O)NCC(=O)NC1CC1. The number of nitrogens with one attached hydrogen (secondary N) is 2. The van der Waals surface area contributed by atoms with Crippen LogP contribution in [0.3, 0.4) is 0 Å². The first-order valence-electron chi connectivity index (χ1n) is 5.44. The van der Waals surface area contributed by atoms with Crippen LogP contribution in [-0.2, 0) is 14.3 Å². The molecule has 0 aromatic carbocycles. The average Bonchev–Trinajstić information content (AvgIpc) is 3.07. The van der Waals surface area contributed by atoms with Crippen molar-refractivity contribution in [2.45, 2.75) is 31.4 Å². The number of carbonyl (C=O) groups excluding carboxylic acids is 2. The van der Waals surface area contributed by atoms with Crippen molar-refractivity contribution in [1.29, 1.82) is 0 Å². The van der Waals surface area contributed by atoms with Crippen molar-refractivity contribution in [1.82, 2.24) is 10.6 Å². The molecule has 0 aromatic heterocycles. The molecule has 0 saturated heterocycles. The Morgan fingerprint density at radius 2 is 2.12 bits per heavy atom. The molecule has 0 spiro atoms. The molecule has 4 N–H and O–H groups in total. The van der Waals surface area contributed by atoms with Crippen molar-refractivity contribution < 1.29 is 14.3 Å². The first kappa shape index (κ1) is 12.9. The summed E-state index contributed by atoms with van der Waals surface area (Å²) in [5.74, 6) is -0.360. The summed E-state index contributed by atoms with van der Waals surface area (Å²) < 4.78 is 4.97. The Hall–Kier alpha value is -1.14. The monoisotopic (exact) mass is 229 g/mol. The molecule has 0 aliphatic heterocycles. The second-order valence-electron chi connectivity index (χ2n) is 3.92. The van der Waals surface area contributed by atoms with Crippen LogP contribution in [0, 0.1) is 0 Å². The minimum absolute atomic E-state index is 0.0241. The van der Waals surface area contributed by atoms with Crippen LogP contribution in [0.2, 0.25) is 0 Å². The number of rotatable bonds is 7. The van der Waals surface area contributed by atoms with Gasteiger partial charge in [-0.3, -0.25) is 9.59 Å². The van der Waals surface area contributed by atoms with Gasteiger partial charge in [0.1, 0.15) is 0 Å². The van der Waals surface area contributed by atoms with Gasteiger partial charge in [-0.25, -0.2) is 0 Å². The van der Waals surface area contributed by atoms with Gasteiger partial charge in [0, 0.05) is 19.7 Å². The third-order valence-electron chi connectivity index (χ3n) is 2.40. The van der Waals surface area contributed by atoms with Gasteiger partial charge in [0.05, 0.1) is 19.1 Å². The van der Waals surface area contributed by atoms with Gasteiger partial charge >= 0.3 is 0 Å². The van der Waals surface area contributed by atoms with Crippen molar-refractivity contribution in [3.8, 4) is 0 Å². The zero-order valence-electron chi connectivity index (χ0n) is 9.49. The van der Waals surface area contributed by atoms with Crippen LogP contribution in [-0.4, -0.2) is 44.2 Å². The Morgan fingerprint density at radius 3 is 2.62 bits per heavy atom. The summed E-state index contributed by atoms with van der Waals surface area (Å²) in [4.78, 5) is 22.6. The highest BCUT2D eigenvalue weighted by molar-refractivity contribution is 5.85. The molecule has 0 radical (unpaired) electrons. The lowest BCUT2D eigenvalue weighted by atomic mass is 10.2. The summed E-state index contributed by atoms with van der Waals surface area (Å²) in [6, 6.07) is 0.320. The van der Waals surface area contributed by atoms with E-state index in [1.807, 2.05) is 0 Å². The molecule has 1 unspecified atom stereocenters. The molecule has 1 aliphatic rings. The quantitative estimate of drug-likeness (QED) is 0.508. The first-order valence-corrected chi connectivity index (χ1v) is 5.44. The van der Waals surface area contributed by atoms with Crippen LogP contribution in [0.4, 0.5) is 0 Å². The molecule has 1 aliphatic carbocycles. The lowest BCUT2D eigenvalue weighted by Gasteiger charge is -2.12.